The second kappa shape index (κ2) is 8.04. The van der Waals surface area contributed by atoms with Crippen molar-refractivity contribution < 1.29 is 0 Å². The third-order valence-corrected chi connectivity index (χ3v) is 4.12. The summed E-state index contributed by atoms with van der Waals surface area (Å²) in [4.78, 5) is 0. The minimum absolute atomic E-state index is 0.118. The van der Waals surface area contributed by atoms with E-state index in [4.69, 9.17) is 0 Å². The van der Waals surface area contributed by atoms with Gasteiger partial charge in [-0.15, -0.1) is 0 Å². The van der Waals surface area contributed by atoms with E-state index in [1.54, 1.807) is 0 Å². The summed E-state index contributed by atoms with van der Waals surface area (Å²) in [5.74, 6) is 0. The molecule has 0 aliphatic carbocycles. The SMILES string of the molecule is C=C(C)C(CCCc1ccccc1)NC(=C)C(C)(C)NC. The number of aryl methyl sites for hydroxylation is 1. The topological polar surface area (TPSA) is 24.1 Å². The van der Waals surface area contributed by atoms with Crippen molar-refractivity contribution in [3.63, 3.8) is 0 Å². The molecule has 2 nitrogen and oxygen atoms in total. The predicted molar refractivity (Wildman–Crippen MR) is 93.4 cm³/mol. The van der Waals surface area contributed by atoms with E-state index in [0.717, 1.165) is 30.5 Å². The van der Waals surface area contributed by atoms with Crippen LogP contribution >= 0.6 is 0 Å². The molecular formula is C19H30N2. The van der Waals surface area contributed by atoms with Gasteiger partial charge >= 0.3 is 0 Å². The van der Waals surface area contributed by atoms with Gasteiger partial charge in [0.05, 0.1) is 5.54 Å². The van der Waals surface area contributed by atoms with Crippen molar-refractivity contribution in [1.29, 1.82) is 0 Å². The van der Waals surface area contributed by atoms with Gasteiger partial charge < -0.3 is 10.6 Å². The van der Waals surface area contributed by atoms with Gasteiger partial charge in [-0.3, -0.25) is 0 Å². The fourth-order valence-electron chi connectivity index (χ4n) is 2.14. The van der Waals surface area contributed by atoms with E-state index in [-0.39, 0.29) is 11.6 Å². The van der Waals surface area contributed by atoms with Crippen LogP contribution in [0.1, 0.15) is 39.2 Å². The predicted octanol–water partition coefficient (Wildman–Crippen LogP) is 4.06. The highest BCUT2D eigenvalue weighted by molar-refractivity contribution is 5.17. The highest BCUT2D eigenvalue weighted by atomic mass is 15.0. The van der Waals surface area contributed by atoms with E-state index in [1.807, 2.05) is 7.05 Å². The van der Waals surface area contributed by atoms with Gasteiger partial charge in [-0.05, 0) is 52.6 Å². The maximum Gasteiger partial charge on any atom is 0.0517 e. The average Bonchev–Trinajstić information content (AvgIpc) is 2.46. The first-order valence-corrected chi connectivity index (χ1v) is 7.71. The van der Waals surface area contributed by atoms with Gasteiger partial charge in [-0.1, -0.05) is 49.1 Å². The van der Waals surface area contributed by atoms with Crippen LogP contribution in [0, 0.1) is 0 Å². The Labute approximate surface area is 130 Å². The number of hydrogen-bond donors (Lipinski definition) is 2. The number of rotatable bonds is 9. The van der Waals surface area contributed by atoms with Crippen molar-refractivity contribution in [2.75, 3.05) is 7.05 Å². The zero-order valence-electron chi connectivity index (χ0n) is 14.0. The van der Waals surface area contributed by atoms with Crippen LogP contribution in [0.25, 0.3) is 0 Å². The van der Waals surface area contributed by atoms with E-state index in [2.05, 4.69) is 74.9 Å². The van der Waals surface area contributed by atoms with E-state index >= 15 is 0 Å². The van der Waals surface area contributed by atoms with E-state index < -0.39 is 0 Å². The largest absolute Gasteiger partial charge is 0.381 e. The highest BCUT2D eigenvalue weighted by Crippen LogP contribution is 2.16. The summed E-state index contributed by atoms with van der Waals surface area (Å²) in [5.41, 5.74) is 3.45. The standard InChI is InChI=1S/C19H30N2/c1-15(2)18(21-16(3)19(4,5)20-6)14-10-13-17-11-8-7-9-12-17/h7-9,11-12,18,20-21H,1,3,10,13-14H2,2,4-6H3. The first-order valence-electron chi connectivity index (χ1n) is 7.71. The minimum Gasteiger partial charge on any atom is -0.381 e. The second-order valence-corrected chi connectivity index (χ2v) is 6.27. The van der Waals surface area contributed by atoms with Gasteiger partial charge in [0.2, 0.25) is 0 Å². The molecule has 2 heteroatoms. The lowest BCUT2D eigenvalue weighted by atomic mass is 9.97. The molecule has 0 aliphatic heterocycles. The van der Waals surface area contributed by atoms with Crippen molar-refractivity contribution >= 4 is 0 Å². The van der Waals surface area contributed by atoms with E-state index in [1.165, 1.54) is 5.56 Å². The summed E-state index contributed by atoms with van der Waals surface area (Å²) in [7, 11) is 1.96. The van der Waals surface area contributed by atoms with Gasteiger partial charge in [0.1, 0.15) is 0 Å². The number of nitrogens with one attached hydrogen (secondary N) is 2. The highest BCUT2D eigenvalue weighted by Gasteiger charge is 2.21. The third kappa shape index (κ3) is 5.76. The van der Waals surface area contributed by atoms with Crippen molar-refractivity contribution in [3.05, 3.63) is 60.3 Å². The molecule has 0 amide bonds. The Morgan fingerprint density at radius 2 is 1.81 bits per heavy atom. The molecule has 0 radical (unpaired) electrons. The van der Waals surface area contributed by atoms with Crippen molar-refractivity contribution in [1.82, 2.24) is 10.6 Å². The summed E-state index contributed by atoms with van der Waals surface area (Å²) in [6.45, 7) is 14.6. The Morgan fingerprint density at radius 3 is 2.33 bits per heavy atom. The third-order valence-electron chi connectivity index (χ3n) is 4.12. The molecule has 2 N–H and O–H groups in total. The molecule has 0 saturated heterocycles. The molecule has 21 heavy (non-hydrogen) atoms. The first-order chi connectivity index (χ1) is 9.86. The van der Waals surface area contributed by atoms with Crippen LogP contribution in [0.2, 0.25) is 0 Å². The molecule has 1 unspecified atom stereocenters. The maximum absolute atomic E-state index is 4.17. The van der Waals surface area contributed by atoms with Gasteiger partial charge in [0.25, 0.3) is 0 Å². The summed E-state index contributed by atoms with van der Waals surface area (Å²) in [5, 5.41) is 6.81. The molecule has 0 bridgehead atoms. The Morgan fingerprint density at radius 1 is 1.19 bits per heavy atom. The van der Waals surface area contributed by atoms with E-state index in [0.29, 0.717) is 0 Å². The van der Waals surface area contributed by atoms with Crippen LogP contribution in [-0.4, -0.2) is 18.6 Å². The molecule has 1 aromatic carbocycles. The number of benzene rings is 1. The van der Waals surface area contributed by atoms with Gasteiger partial charge in [-0.2, -0.15) is 0 Å². The Balaban J connectivity index is 2.51. The normalized spacial score (nSPS) is 12.8. The lowest BCUT2D eigenvalue weighted by molar-refractivity contribution is 0.436. The van der Waals surface area contributed by atoms with Crippen LogP contribution in [0.15, 0.2) is 54.8 Å². The molecule has 0 spiro atoms. The first kappa shape index (κ1) is 17.5. The molecule has 1 atom stereocenters. The Hall–Kier alpha value is -1.54. The van der Waals surface area contributed by atoms with Crippen LogP contribution in [0.4, 0.5) is 0 Å². The maximum atomic E-state index is 4.17. The smallest absolute Gasteiger partial charge is 0.0517 e. The van der Waals surface area contributed by atoms with Crippen molar-refractivity contribution in [2.24, 2.45) is 0 Å². The molecule has 116 valence electrons. The molecule has 1 rings (SSSR count). The molecule has 0 saturated carbocycles. The van der Waals surface area contributed by atoms with E-state index in [9.17, 15) is 0 Å². The zero-order valence-corrected chi connectivity index (χ0v) is 14.0. The van der Waals surface area contributed by atoms with Crippen LogP contribution in [0.5, 0.6) is 0 Å². The fourth-order valence-corrected chi connectivity index (χ4v) is 2.14. The van der Waals surface area contributed by atoms with Crippen molar-refractivity contribution in [3.8, 4) is 0 Å². The Kier molecular flexibility index (Phi) is 6.70. The summed E-state index contributed by atoms with van der Waals surface area (Å²) in [6, 6.07) is 10.9. The second-order valence-electron chi connectivity index (χ2n) is 6.27. The molecule has 0 aliphatic rings. The van der Waals surface area contributed by atoms with Gasteiger partial charge in [-0.25, -0.2) is 0 Å². The quantitative estimate of drug-likeness (QED) is 0.669. The van der Waals surface area contributed by atoms with Gasteiger partial charge in [0.15, 0.2) is 0 Å². The lowest BCUT2D eigenvalue weighted by Gasteiger charge is -2.31. The zero-order chi connectivity index (χ0) is 15.9. The van der Waals surface area contributed by atoms with Crippen LogP contribution in [-0.2, 0) is 6.42 Å². The van der Waals surface area contributed by atoms with Crippen molar-refractivity contribution in [2.45, 2.75) is 51.6 Å². The summed E-state index contributed by atoms with van der Waals surface area (Å²) < 4.78 is 0. The average molecular weight is 286 g/mol. The Bertz CT molecular complexity index is 460. The number of hydrogen-bond acceptors (Lipinski definition) is 2. The summed E-state index contributed by atoms with van der Waals surface area (Å²) in [6.07, 6.45) is 3.32. The van der Waals surface area contributed by atoms with Crippen LogP contribution < -0.4 is 10.6 Å². The molecule has 1 aromatic rings. The monoisotopic (exact) mass is 286 g/mol. The van der Waals surface area contributed by atoms with Gasteiger partial charge in [0, 0.05) is 11.7 Å². The molecule has 0 aromatic heterocycles. The molecular weight excluding hydrogens is 256 g/mol. The molecule has 0 heterocycles. The summed E-state index contributed by atoms with van der Waals surface area (Å²) >= 11 is 0. The van der Waals surface area contributed by atoms with Crippen LogP contribution in [0.3, 0.4) is 0 Å². The number of likely N-dealkylation sites (N-methyl/N-ethyl adjacent to an activating group) is 1. The lowest BCUT2D eigenvalue weighted by Crippen LogP contribution is -2.46. The molecule has 0 fully saturated rings. The minimum atomic E-state index is -0.118. The fraction of sp³-hybridized carbons (Fsp3) is 0.474.